The molecule has 0 aliphatic rings. The summed E-state index contributed by atoms with van der Waals surface area (Å²) in [4.78, 5) is 21.1. The first-order chi connectivity index (χ1) is 27.7. The maximum absolute atomic E-state index is 5.43. The summed E-state index contributed by atoms with van der Waals surface area (Å²) in [5, 5.41) is 6.52. The third-order valence-corrected chi connectivity index (χ3v) is 10.8. The lowest BCUT2D eigenvalue weighted by atomic mass is 9.95. The van der Waals surface area contributed by atoms with E-state index in [-0.39, 0.29) is 0 Å². The summed E-state index contributed by atoms with van der Waals surface area (Å²) < 4.78 is 0. The lowest BCUT2D eigenvalue weighted by Crippen LogP contribution is -1.94. The molecule has 0 fully saturated rings. The SMILES string of the molecule is c1ccc(-c2ccc3ccc4ccc(-c5cccc(-c6ccc7c(c6)nc(-c6ccccc6)c6c7ccc7ccc(-c8ccccc8)nc76)c5)nc4c3n2)cc1. The molecule has 11 rings (SSSR count). The Morgan fingerprint density at radius 2 is 0.714 bits per heavy atom. The van der Waals surface area contributed by atoms with E-state index in [2.05, 4.69) is 164 Å². The maximum atomic E-state index is 5.43. The van der Waals surface area contributed by atoms with Gasteiger partial charge in [0.05, 0.1) is 44.8 Å². The molecule has 0 radical (unpaired) electrons. The van der Waals surface area contributed by atoms with Crippen LogP contribution in [0.1, 0.15) is 0 Å². The molecule has 0 bridgehead atoms. The van der Waals surface area contributed by atoms with E-state index in [0.29, 0.717) is 0 Å². The van der Waals surface area contributed by atoms with Crippen molar-refractivity contribution in [2.75, 3.05) is 0 Å². The summed E-state index contributed by atoms with van der Waals surface area (Å²) in [5.74, 6) is 0. The Bertz CT molecular complexity index is 3290. The van der Waals surface area contributed by atoms with Gasteiger partial charge in [0.2, 0.25) is 0 Å². The van der Waals surface area contributed by atoms with Crippen LogP contribution >= 0.6 is 0 Å². The minimum absolute atomic E-state index is 0.899. The number of fused-ring (bicyclic) bond motifs is 8. The normalized spacial score (nSPS) is 11.6. The van der Waals surface area contributed by atoms with E-state index in [1.165, 1.54) is 0 Å². The van der Waals surface area contributed by atoms with Crippen molar-refractivity contribution in [1.29, 1.82) is 0 Å². The second-order valence-electron chi connectivity index (χ2n) is 14.2. The quantitative estimate of drug-likeness (QED) is 0.167. The first-order valence-corrected chi connectivity index (χ1v) is 18.9. The Kier molecular flexibility index (Phi) is 7.46. The Balaban J connectivity index is 1.05. The predicted molar refractivity (Wildman–Crippen MR) is 232 cm³/mol. The molecular weight excluding hydrogens is 681 g/mol. The molecule has 56 heavy (non-hydrogen) atoms. The second kappa shape index (κ2) is 13.1. The zero-order valence-corrected chi connectivity index (χ0v) is 30.3. The second-order valence-corrected chi connectivity index (χ2v) is 14.2. The van der Waals surface area contributed by atoms with Crippen molar-refractivity contribution >= 4 is 54.4 Å². The van der Waals surface area contributed by atoms with Crippen molar-refractivity contribution in [3.05, 3.63) is 194 Å². The molecule has 4 heterocycles. The summed E-state index contributed by atoms with van der Waals surface area (Å²) in [7, 11) is 0. The molecule has 4 aromatic heterocycles. The minimum atomic E-state index is 0.899. The van der Waals surface area contributed by atoms with Crippen molar-refractivity contribution in [2.24, 2.45) is 0 Å². The number of pyridine rings is 4. The van der Waals surface area contributed by atoms with Gasteiger partial charge in [-0.3, -0.25) is 0 Å². The van der Waals surface area contributed by atoms with E-state index < -0.39 is 0 Å². The highest BCUT2D eigenvalue weighted by Gasteiger charge is 2.17. The highest BCUT2D eigenvalue weighted by molar-refractivity contribution is 6.20. The van der Waals surface area contributed by atoms with Crippen LogP contribution in [-0.2, 0) is 0 Å². The van der Waals surface area contributed by atoms with Gasteiger partial charge in [0, 0.05) is 49.2 Å². The van der Waals surface area contributed by atoms with Crippen LogP contribution in [-0.4, -0.2) is 19.9 Å². The average Bonchev–Trinajstić information content (AvgIpc) is 3.28. The predicted octanol–water partition coefficient (Wildman–Crippen LogP) is 13.4. The number of rotatable bonds is 5. The average molecular weight is 713 g/mol. The lowest BCUT2D eigenvalue weighted by Gasteiger charge is -2.14. The maximum Gasteiger partial charge on any atom is 0.0972 e. The Morgan fingerprint density at radius 1 is 0.268 bits per heavy atom. The number of hydrogen-bond donors (Lipinski definition) is 0. The molecule has 0 amide bonds. The van der Waals surface area contributed by atoms with Gasteiger partial charge in [-0.2, -0.15) is 0 Å². The molecule has 4 nitrogen and oxygen atoms in total. The van der Waals surface area contributed by atoms with Gasteiger partial charge >= 0.3 is 0 Å². The number of nitrogens with zero attached hydrogens (tertiary/aromatic N) is 4. The van der Waals surface area contributed by atoms with E-state index >= 15 is 0 Å². The molecular formula is C52H32N4. The van der Waals surface area contributed by atoms with Gasteiger partial charge in [0.25, 0.3) is 0 Å². The Labute approximate surface area is 323 Å². The molecule has 11 aromatic rings. The topological polar surface area (TPSA) is 51.6 Å². The third-order valence-electron chi connectivity index (χ3n) is 10.8. The standard InChI is InChI=1S/C52H32N4/c1-4-11-33(12-5-1)44-28-23-36-21-27-43-42-26-22-40(32-47(42)56-49(48(43)50(36)53-44)35-15-8-3-9-16-35)39-17-10-18-41(31-39)46-30-25-38-20-19-37-24-29-45(34-13-6-2-7-14-34)54-51(37)52(38)55-46/h1-32H. The first kappa shape index (κ1) is 31.9. The highest BCUT2D eigenvalue weighted by atomic mass is 14.8. The Morgan fingerprint density at radius 3 is 1.34 bits per heavy atom. The first-order valence-electron chi connectivity index (χ1n) is 18.9. The fourth-order valence-electron chi connectivity index (χ4n) is 7.99. The zero-order valence-electron chi connectivity index (χ0n) is 30.3. The number of aromatic nitrogens is 4. The van der Waals surface area contributed by atoms with E-state index in [0.717, 1.165) is 111 Å². The smallest absolute Gasteiger partial charge is 0.0972 e. The van der Waals surface area contributed by atoms with E-state index in [9.17, 15) is 0 Å². The van der Waals surface area contributed by atoms with Gasteiger partial charge in [-0.15, -0.1) is 0 Å². The van der Waals surface area contributed by atoms with Crippen molar-refractivity contribution in [3.8, 4) is 56.2 Å². The summed E-state index contributed by atoms with van der Waals surface area (Å²) in [6, 6.07) is 67.9. The van der Waals surface area contributed by atoms with Crippen LogP contribution in [0.25, 0.3) is 111 Å². The molecule has 0 spiro atoms. The van der Waals surface area contributed by atoms with E-state index in [1.807, 2.05) is 30.3 Å². The fourth-order valence-corrected chi connectivity index (χ4v) is 7.99. The van der Waals surface area contributed by atoms with Gasteiger partial charge in [-0.05, 0) is 46.8 Å². The van der Waals surface area contributed by atoms with Crippen molar-refractivity contribution < 1.29 is 0 Å². The van der Waals surface area contributed by atoms with Gasteiger partial charge in [0.15, 0.2) is 0 Å². The highest BCUT2D eigenvalue weighted by Crippen LogP contribution is 2.39. The minimum Gasteiger partial charge on any atom is -0.247 e. The molecule has 0 unspecified atom stereocenters. The molecule has 0 aliphatic carbocycles. The molecule has 0 atom stereocenters. The van der Waals surface area contributed by atoms with Crippen LogP contribution in [0.4, 0.5) is 0 Å². The van der Waals surface area contributed by atoms with Gasteiger partial charge in [-0.1, -0.05) is 164 Å². The van der Waals surface area contributed by atoms with Gasteiger partial charge in [-0.25, -0.2) is 19.9 Å². The third kappa shape index (κ3) is 5.47. The summed E-state index contributed by atoms with van der Waals surface area (Å²) in [5.41, 5.74) is 13.9. The van der Waals surface area contributed by atoms with Crippen LogP contribution < -0.4 is 0 Å². The number of hydrogen-bond acceptors (Lipinski definition) is 4. The van der Waals surface area contributed by atoms with Crippen molar-refractivity contribution in [1.82, 2.24) is 19.9 Å². The zero-order chi connectivity index (χ0) is 37.0. The van der Waals surface area contributed by atoms with Crippen LogP contribution in [0, 0.1) is 0 Å². The lowest BCUT2D eigenvalue weighted by molar-refractivity contribution is 1.36. The van der Waals surface area contributed by atoms with E-state index in [4.69, 9.17) is 19.9 Å². The van der Waals surface area contributed by atoms with Crippen LogP contribution in [0.5, 0.6) is 0 Å². The van der Waals surface area contributed by atoms with Gasteiger partial charge < -0.3 is 0 Å². The van der Waals surface area contributed by atoms with Gasteiger partial charge in [0.1, 0.15) is 0 Å². The molecule has 4 heteroatoms. The fraction of sp³-hybridized carbons (Fsp3) is 0. The van der Waals surface area contributed by atoms with Crippen molar-refractivity contribution in [2.45, 2.75) is 0 Å². The monoisotopic (exact) mass is 712 g/mol. The number of benzene rings is 7. The molecule has 0 saturated carbocycles. The molecule has 0 N–H and O–H groups in total. The molecule has 260 valence electrons. The van der Waals surface area contributed by atoms with Crippen LogP contribution in [0.3, 0.4) is 0 Å². The summed E-state index contributed by atoms with van der Waals surface area (Å²) in [6.07, 6.45) is 0. The summed E-state index contributed by atoms with van der Waals surface area (Å²) >= 11 is 0. The van der Waals surface area contributed by atoms with Crippen LogP contribution in [0.15, 0.2) is 194 Å². The van der Waals surface area contributed by atoms with Crippen molar-refractivity contribution in [3.63, 3.8) is 0 Å². The van der Waals surface area contributed by atoms with Crippen LogP contribution in [0.2, 0.25) is 0 Å². The largest absolute Gasteiger partial charge is 0.247 e. The molecule has 0 aliphatic heterocycles. The van der Waals surface area contributed by atoms with E-state index in [1.54, 1.807) is 0 Å². The summed E-state index contributed by atoms with van der Waals surface area (Å²) in [6.45, 7) is 0. The Hall–Kier alpha value is -7.56. The molecule has 0 saturated heterocycles. The molecule has 7 aromatic carbocycles.